The van der Waals surface area contributed by atoms with Crippen LogP contribution in [0.15, 0.2) is 70.4 Å². The number of amidine groups is 1. The van der Waals surface area contributed by atoms with Crippen molar-refractivity contribution in [3.05, 3.63) is 66.0 Å². The van der Waals surface area contributed by atoms with Crippen molar-refractivity contribution in [3.8, 4) is 0 Å². The van der Waals surface area contributed by atoms with Crippen molar-refractivity contribution in [3.63, 3.8) is 0 Å². The first kappa shape index (κ1) is 13.1. The molecule has 5 rings (SSSR count). The third kappa shape index (κ3) is 1.89. The Balaban J connectivity index is 1.42. The molecule has 0 N–H and O–H groups in total. The molecule has 1 fully saturated rings. The van der Waals surface area contributed by atoms with Gasteiger partial charge in [0.15, 0.2) is 0 Å². The van der Waals surface area contributed by atoms with E-state index in [4.69, 9.17) is 4.99 Å². The number of allylic oxidation sites excluding steroid dienone is 4. The first-order chi connectivity index (χ1) is 11.3. The first-order valence-corrected chi connectivity index (χ1v) is 8.28. The highest BCUT2D eigenvalue weighted by Crippen LogP contribution is 2.59. The number of aliphatic imine (C=N–C) groups is 2. The van der Waals surface area contributed by atoms with E-state index >= 15 is 0 Å². The predicted octanol–water partition coefficient (Wildman–Crippen LogP) is 3.67. The van der Waals surface area contributed by atoms with Gasteiger partial charge in [0, 0.05) is 23.5 Å². The lowest BCUT2D eigenvalue weighted by Gasteiger charge is -2.32. The van der Waals surface area contributed by atoms with Crippen LogP contribution >= 0.6 is 0 Å². The Morgan fingerprint density at radius 1 is 1.22 bits per heavy atom. The SMILES string of the molecule is CC1=CC2CC2(C2CN=C3C=C(c4ccccc4)C=CN32)C=N1. The summed E-state index contributed by atoms with van der Waals surface area (Å²) in [6.07, 6.45) is 12.4. The number of benzene rings is 1. The molecule has 1 saturated carbocycles. The monoisotopic (exact) mass is 301 g/mol. The molecule has 0 spiro atoms. The maximum atomic E-state index is 4.81. The van der Waals surface area contributed by atoms with Crippen molar-refractivity contribution in [1.29, 1.82) is 0 Å². The third-order valence-electron chi connectivity index (χ3n) is 5.51. The number of nitrogens with zero attached hydrogens (tertiary/aromatic N) is 3. The van der Waals surface area contributed by atoms with Gasteiger partial charge in [0.2, 0.25) is 0 Å². The Kier molecular flexibility index (Phi) is 2.58. The van der Waals surface area contributed by atoms with E-state index < -0.39 is 0 Å². The molecule has 1 aliphatic carbocycles. The lowest BCUT2D eigenvalue weighted by atomic mass is 9.91. The number of hydrogen-bond donors (Lipinski definition) is 0. The largest absolute Gasteiger partial charge is 0.327 e. The van der Waals surface area contributed by atoms with Crippen LogP contribution in [0.1, 0.15) is 18.9 Å². The van der Waals surface area contributed by atoms with Gasteiger partial charge in [-0.05, 0) is 42.6 Å². The molecular formula is C20H19N3. The van der Waals surface area contributed by atoms with Crippen LogP contribution in [0.25, 0.3) is 5.57 Å². The van der Waals surface area contributed by atoms with Gasteiger partial charge in [-0.15, -0.1) is 0 Å². The summed E-state index contributed by atoms with van der Waals surface area (Å²) in [7, 11) is 0. The van der Waals surface area contributed by atoms with E-state index in [1.54, 1.807) is 0 Å². The smallest absolute Gasteiger partial charge is 0.128 e. The first-order valence-electron chi connectivity index (χ1n) is 8.28. The molecule has 0 bridgehead atoms. The van der Waals surface area contributed by atoms with Gasteiger partial charge in [0.25, 0.3) is 0 Å². The van der Waals surface area contributed by atoms with Crippen LogP contribution in [0, 0.1) is 11.3 Å². The minimum Gasteiger partial charge on any atom is -0.327 e. The number of fused-ring (bicyclic) bond motifs is 2. The Hall–Kier alpha value is -2.42. The molecule has 1 aromatic rings. The summed E-state index contributed by atoms with van der Waals surface area (Å²) >= 11 is 0. The van der Waals surface area contributed by atoms with Gasteiger partial charge < -0.3 is 4.90 Å². The summed E-state index contributed by atoms with van der Waals surface area (Å²) in [5, 5.41) is 0. The Morgan fingerprint density at radius 3 is 2.91 bits per heavy atom. The van der Waals surface area contributed by atoms with Crippen LogP contribution in [-0.2, 0) is 0 Å². The fourth-order valence-electron chi connectivity index (χ4n) is 4.11. The highest BCUT2D eigenvalue weighted by Gasteiger charge is 2.60. The van der Waals surface area contributed by atoms with E-state index in [9.17, 15) is 0 Å². The summed E-state index contributed by atoms with van der Waals surface area (Å²) in [4.78, 5) is 11.8. The van der Waals surface area contributed by atoms with E-state index in [0.717, 1.165) is 18.1 Å². The highest BCUT2D eigenvalue weighted by molar-refractivity contribution is 6.05. The minimum absolute atomic E-state index is 0.202. The van der Waals surface area contributed by atoms with Crippen LogP contribution in [0.4, 0.5) is 0 Å². The van der Waals surface area contributed by atoms with Gasteiger partial charge in [0.05, 0.1) is 12.6 Å². The van der Waals surface area contributed by atoms with Crippen LogP contribution in [-0.4, -0.2) is 29.5 Å². The van der Waals surface area contributed by atoms with Crippen molar-refractivity contribution in [1.82, 2.24) is 4.90 Å². The second-order valence-electron chi connectivity index (χ2n) is 6.89. The molecule has 0 amide bonds. The Bertz CT molecular complexity index is 813. The van der Waals surface area contributed by atoms with Crippen molar-refractivity contribution in [2.45, 2.75) is 19.4 Å². The van der Waals surface area contributed by atoms with Gasteiger partial charge in [0.1, 0.15) is 5.84 Å². The lowest BCUT2D eigenvalue weighted by molar-refractivity contribution is 0.345. The molecule has 3 heterocycles. The van der Waals surface area contributed by atoms with Crippen molar-refractivity contribution in [2.24, 2.45) is 21.3 Å². The molecule has 4 aliphatic rings. The molecule has 114 valence electrons. The average Bonchev–Trinajstić information content (AvgIpc) is 3.15. The summed E-state index contributed by atoms with van der Waals surface area (Å²) in [5.74, 6) is 1.74. The second kappa shape index (κ2) is 4.54. The molecular weight excluding hydrogens is 282 g/mol. The molecule has 3 heteroatoms. The van der Waals surface area contributed by atoms with Gasteiger partial charge in [-0.3, -0.25) is 9.98 Å². The fraction of sp³-hybridized carbons (Fsp3) is 0.300. The number of rotatable bonds is 2. The molecule has 3 aliphatic heterocycles. The molecule has 3 nitrogen and oxygen atoms in total. The lowest BCUT2D eigenvalue weighted by Crippen LogP contribution is -2.41. The van der Waals surface area contributed by atoms with E-state index in [0.29, 0.717) is 12.0 Å². The van der Waals surface area contributed by atoms with Crippen LogP contribution < -0.4 is 0 Å². The maximum Gasteiger partial charge on any atom is 0.128 e. The van der Waals surface area contributed by atoms with Crippen molar-refractivity contribution >= 4 is 17.6 Å². The van der Waals surface area contributed by atoms with Gasteiger partial charge >= 0.3 is 0 Å². The molecule has 3 unspecified atom stereocenters. The average molecular weight is 301 g/mol. The molecule has 0 aromatic heterocycles. The normalized spacial score (nSPS) is 33.6. The van der Waals surface area contributed by atoms with Crippen LogP contribution in [0.2, 0.25) is 0 Å². The summed E-state index contributed by atoms with van der Waals surface area (Å²) in [6.45, 7) is 2.96. The molecule has 1 aromatic carbocycles. The van der Waals surface area contributed by atoms with Crippen molar-refractivity contribution in [2.75, 3.05) is 6.54 Å². The zero-order valence-electron chi connectivity index (χ0n) is 13.2. The number of hydrogen-bond acceptors (Lipinski definition) is 3. The van der Waals surface area contributed by atoms with Crippen LogP contribution in [0.5, 0.6) is 0 Å². The molecule has 0 radical (unpaired) electrons. The summed E-state index contributed by atoms with van der Waals surface area (Å²) in [5.41, 5.74) is 3.84. The van der Waals surface area contributed by atoms with E-state index in [1.807, 2.05) is 0 Å². The zero-order valence-corrected chi connectivity index (χ0v) is 13.2. The standard InChI is InChI=1S/C20H19N3/c1-14-9-17-11-20(17,13-22-14)18-12-21-19-10-16(7-8-23(18)19)15-5-3-2-4-6-15/h2-10,13,17-18H,11-12H2,1H3. The van der Waals surface area contributed by atoms with E-state index in [1.165, 1.54) is 17.6 Å². The predicted molar refractivity (Wildman–Crippen MR) is 94.3 cm³/mol. The maximum absolute atomic E-state index is 4.81. The fourth-order valence-corrected chi connectivity index (χ4v) is 4.11. The van der Waals surface area contributed by atoms with E-state index in [2.05, 4.69) is 77.8 Å². The quantitative estimate of drug-likeness (QED) is 0.819. The Labute approximate surface area is 136 Å². The van der Waals surface area contributed by atoms with E-state index in [-0.39, 0.29) is 5.41 Å². The van der Waals surface area contributed by atoms with Gasteiger partial charge in [-0.1, -0.05) is 36.4 Å². The zero-order chi connectivity index (χ0) is 15.4. The van der Waals surface area contributed by atoms with Crippen LogP contribution in [0.3, 0.4) is 0 Å². The van der Waals surface area contributed by atoms with Gasteiger partial charge in [-0.2, -0.15) is 0 Å². The molecule has 0 saturated heterocycles. The summed E-state index contributed by atoms with van der Waals surface area (Å²) < 4.78 is 0. The highest BCUT2D eigenvalue weighted by atomic mass is 15.3. The summed E-state index contributed by atoms with van der Waals surface area (Å²) in [6, 6.07) is 10.9. The van der Waals surface area contributed by atoms with Gasteiger partial charge in [-0.25, -0.2) is 0 Å². The minimum atomic E-state index is 0.202. The van der Waals surface area contributed by atoms with Crippen molar-refractivity contribution < 1.29 is 0 Å². The third-order valence-corrected chi connectivity index (χ3v) is 5.51. The topological polar surface area (TPSA) is 28.0 Å². The second-order valence-corrected chi connectivity index (χ2v) is 6.89. The molecule has 3 atom stereocenters. The Morgan fingerprint density at radius 2 is 2.09 bits per heavy atom. The molecule has 23 heavy (non-hydrogen) atoms.